The summed E-state index contributed by atoms with van der Waals surface area (Å²) in [5, 5.41) is 0. The number of alkyl halides is 4. The lowest BCUT2D eigenvalue weighted by atomic mass is 9.71. The number of hydrogen-bond donors (Lipinski definition) is 0. The van der Waals surface area contributed by atoms with Crippen LogP contribution in [0.15, 0.2) is 23.5 Å². The van der Waals surface area contributed by atoms with Crippen LogP contribution >= 0.6 is 0 Å². The van der Waals surface area contributed by atoms with Crippen LogP contribution in [0.2, 0.25) is 0 Å². The van der Waals surface area contributed by atoms with Crippen molar-refractivity contribution in [3.05, 3.63) is 23.5 Å². The third-order valence-electron chi connectivity index (χ3n) is 6.68. The number of carbonyl (C=O) groups is 1. The van der Waals surface area contributed by atoms with Crippen LogP contribution in [0.1, 0.15) is 65.2 Å². The van der Waals surface area contributed by atoms with Crippen LogP contribution in [0.4, 0.5) is 17.6 Å². The van der Waals surface area contributed by atoms with Crippen molar-refractivity contribution in [2.24, 2.45) is 17.8 Å². The summed E-state index contributed by atoms with van der Waals surface area (Å²) >= 11 is 0. The van der Waals surface area contributed by atoms with Gasteiger partial charge in [-0.2, -0.15) is 17.6 Å². The highest BCUT2D eigenvalue weighted by Crippen LogP contribution is 2.48. The Morgan fingerprint density at radius 2 is 1.48 bits per heavy atom. The van der Waals surface area contributed by atoms with Gasteiger partial charge in [-0.25, -0.2) is 4.79 Å². The second-order valence-electron chi connectivity index (χ2n) is 8.66. The zero-order valence-corrected chi connectivity index (χ0v) is 17.1. The molecule has 2 fully saturated rings. The third kappa shape index (κ3) is 4.48. The first-order valence-electron chi connectivity index (χ1n) is 10.7. The van der Waals surface area contributed by atoms with Crippen molar-refractivity contribution >= 4 is 5.97 Å². The first-order chi connectivity index (χ1) is 13.7. The average Bonchev–Trinajstić information content (AvgIpc) is 2.67. The largest absolute Gasteiger partial charge is 0.492 e. The van der Waals surface area contributed by atoms with E-state index in [0.29, 0.717) is 30.8 Å². The van der Waals surface area contributed by atoms with Gasteiger partial charge >= 0.3 is 17.8 Å². The molecule has 0 aliphatic heterocycles. The smallest absolute Gasteiger partial charge is 0.370 e. The molecule has 3 nitrogen and oxygen atoms in total. The SMILES string of the molecule is CCOC1=CC=C(C(=O)OC2CCC(C3CCC(C)CC3)CC2)C(F)(F)C1(F)F. The zero-order chi connectivity index (χ0) is 21.2. The normalized spacial score (nSPS) is 34.0. The summed E-state index contributed by atoms with van der Waals surface area (Å²) in [6, 6.07) is 0. The fourth-order valence-corrected chi connectivity index (χ4v) is 4.83. The summed E-state index contributed by atoms with van der Waals surface area (Å²) in [5.41, 5.74) is -1.31. The van der Waals surface area contributed by atoms with Gasteiger partial charge in [0.15, 0.2) is 5.76 Å². The van der Waals surface area contributed by atoms with E-state index >= 15 is 0 Å². The number of hydrogen-bond acceptors (Lipinski definition) is 3. The molecule has 3 aliphatic carbocycles. The van der Waals surface area contributed by atoms with Crippen molar-refractivity contribution in [3.8, 4) is 0 Å². The molecule has 0 aromatic heterocycles. The molecule has 3 rings (SSSR count). The van der Waals surface area contributed by atoms with Crippen molar-refractivity contribution in [2.45, 2.75) is 83.2 Å². The molecule has 7 heteroatoms. The molecule has 0 bridgehead atoms. The van der Waals surface area contributed by atoms with E-state index in [4.69, 9.17) is 4.74 Å². The lowest BCUT2D eigenvalue weighted by molar-refractivity contribution is -0.193. The lowest BCUT2D eigenvalue weighted by Crippen LogP contribution is -2.48. The molecule has 164 valence electrons. The minimum atomic E-state index is -4.67. The Hall–Kier alpha value is -1.53. The number of esters is 1. The van der Waals surface area contributed by atoms with E-state index < -0.39 is 35.3 Å². The Balaban J connectivity index is 1.58. The molecule has 0 atom stereocenters. The molecular formula is C22H30F4O3. The van der Waals surface area contributed by atoms with Gasteiger partial charge in [0, 0.05) is 0 Å². The standard InChI is InChI=1S/C22H30F4O3/c1-3-28-19-13-12-18(21(23,24)22(19,25)26)20(27)29-17-10-8-16(9-11-17)15-6-4-14(2)5-7-15/h12-17H,3-11H2,1-2H3. The highest BCUT2D eigenvalue weighted by molar-refractivity contribution is 5.91. The predicted octanol–water partition coefficient (Wildman–Crippen LogP) is 6.05. The number of carbonyl (C=O) groups excluding carboxylic acids is 1. The molecule has 0 unspecified atom stereocenters. The second kappa shape index (κ2) is 8.68. The van der Waals surface area contributed by atoms with E-state index in [1.807, 2.05) is 0 Å². The van der Waals surface area contributed by atoms with Gasteiger partial charge in [0.1, 0.15) is 11.7 Å². The zero-order valence-electron chi connectivity index (χ0n) is 17.1. The number of rotatable bonds is 5. The van der Waals surface area contributed by atoms with Gasteiger partial charge in [0.2, 0.25) is 0 Å². The fraction of sp³-hybridized carbons (Fsp3) is 0.773. The molecule has 0 aromatic carbocycles. The highest BCUT2D eigenvalue weighted by Gasteiger charge is 2.65. The van der Waals surface area contributed by atoms with Crippen LogP contribution in [0.5, 0.6) is 0 Å². The summed E-state index contributed by atoms with van der Waals surface area (Å²) in [6.07, 6.45) is 8.83. The lowest BCUT2D eigenvalue weighted by Gasteiger charge is -2.37. The van der Waals surface area contributed by atoms with E-state index in [0.717, 1.165) is 24.8 Å². The summed E-state index contributed by atoms with van der Waals surface area (Å²) in [5.74, 6) is -9.70. The fourth-order valence-electron chi connectivity index (χ4n) is 4.83. The Labute approximate surface area is 169 Å². The van der Waals surface area contributed by atoms with Crippen molar-refractivity contribution in [2.75, 3.05) is 6.61 Å². The maximum absolute atomic E-state index is 14.3. The Morgan fingerprint density at radius 3 is 2.03 bits per heavy atom. The van der Waals surface area contributed by atoms with Crippen LogP contribution in [-0.4, -0.2) is 30.5 Å². The molecule has 0 aromatic rings. The molecular weight excluding hydrogens is 388 g/mol. The average molecular weight is 418 g/mol. The monoisotopic (exact) mass is 418 g/mol. The van der Waals surface area contributed by atoms with E-state index in [9.17, 15) is 22.4 Å². The summed E-state index contributed by atoms with van der Waals surface area (Å²) in [4.78, 5) is 12.3. The van der Waals surface area contributed by atoms with Crippen LogP contribution in [0.25, 0.3) is 0 Å². The topological polar surface area (TPSA) is 35.5 Å². The molecule has 2 saturated carbocycles. The molecule has 3 aliphatic rings. The van der Waals surface area contributed by atoms with Gasteiger partial charge in [-0.15, -0.1) is 0 Å². The van der Waals surface area contributed by atoms with Crippen molar-refractivity contribution in [1.82, 2.24) is 0 Å². The second-order valence-corrected chi connectivity index (χ2v) is 8.66. The molecule has 0 spiro atoms. The minimum absolute atomic E-state index is 0.172. The van der Waals surface area contributed by atoms with Gasteiger partial charge in [0.25, 0.3) is 0 Å². The summed E-state index contributed by atoms with van der Waals surface area (Å²) in [6.45, 7) is 3.53. The first-order valence-corrected chi connectivity index (χ1v) is 10.7. The van der Waals surface area contributed by atoms with Crippen LogP contribution in [0.3, 0.4) is 0 Å². The van der Waals surface area contributed by atoms with Crippen LogP contribution in [-0.2, 0) is 14.3 Å². The predicted molar refractivity (Wildman–Crippen MR) is 101 cm³/mol. The molecule has 29 heavy (non-hydrogen) atoms. The Bertz CT molecular complexity index is 655. The maximum Gasteiger partial charge on any atom is 0.370 e. The van der Waals surface area contributed by atoms with Crippen molar-refractivity contribution in [1.29, 1.82) is 0 Å². The quantitative estimate of drug-likeness (QED) is 0.403. The molecule has 0 N–H and O–H groups in total. The molecule has 0 amide bonds. The Morgan fingerprint density at radius 1 is 0.931 bits per heavy atom. The van der Waals surface area contributed by atoms with Gasteiger partial charge in [0.05, 0.1) is 6.61 Å². The highest BCUT2D eigenvalue weighted by atomic mass is 19.3. The van der Waals surface area contributed by atoms with E-state index in [1.54, 1.807) is 0 Å². The minimum Gasteiger partial charge on any atom is -0.492 e. The Kier molecular flexibility index (Phi) is 6.64. The maximum atomic E-state index is 14.3. The molecule has 0 saturated heterocycles. The van der Waals surface area contributed by atoms with Gasteiger partial charge in [-0.3, -0.25) is 0 Å². The summed E-state index contributed by atoms with van der Waals surface area (Å²) in [7, 11) is 0. The van der Waals surface area contributed by atoms with Crippen LogP contribution in [0, 0.1) is 17.8 Å². The third-order valence-corrected chi connectivity index (χ3v) is 6.68. The summed E-state index contributed by atoms with van der Waals surface area (Å²) < 4.78 is 66.7. The van der Waals surface area contributed by atoms with E-state index in [1.165, 1.54) is 32.6 Å². The van der Waals surface area contributed by atoms with Crippen molar-refractivity contribution < 1.29 is 31.8 Å². The van der Waals surface area contributed by atoms with E-state index in [-0.39, 0.29) is 6.61 Å². The number of halogens is 4. The van der Waals surface area contributed by atoms with Crippen LogP contribution < -0.4 is 0 Å². The molecule has 0 heterocycles. The van der Waals surface area contributed by atoms with Gasteiger partial charge < -0.3 is 9.47 Å². The van der Waals surface area contributed by atoms with E-state index in [2.05, 4.69) is 11.7 Å². The van der Waals surface area contributed by atoms with Crippen molar-refractivity contribution in [3.63, 3.8) is 0 Å². The first kappa shape index (κ1) is 22.2. The number of allylic oxidation sites excluding steroid dienone is 3. The van der Waals surface area contributed by atoms with Gasteiger partial charge in [-0.1, -0.05) is 19.8 Å². The molecule has 0 radical (unpaired) electrons. The number of ether oxygens (including phenoxy) is 2. The van der Waals surface area contributed by atoms with Gasteiger partial charge in [-0.05, 0) is 75.4 Å².